The Morgan fingerprint density at radius 1 is 1.31 bits per heavy atom. The van der Waals surface area contributed by atoms with E-state index in [1.54, 1.807) is 0 Å². The van der Waals surface area contributed by atoms with Crippen molar-refractivity contribution in [2.45, 2.75) is 34.1 Å². The Kier molecular flexibility index (Phi) is 3.30. The standard InChI is InChI=1S/C13H18/c1-5-12-7-6-11(4)13(9-12)8-10(2)3/h6-9H,5H2,1-4H3. The summed E-state index contributed by atoms with van der Waals surface area (Å²) in [6.07, 6.45) is 3.36. The number of aryl methyl sites for hydroxylation is 2. The first-order valence-electron chi connectivity index (χ1n) is 4.88. The molecule has 0 N–H and O–H groups in total. The van der Waals surface area contributed by atoms with Gasteiger partial charge in [-0.05, 0) is 43.9 Å². The fourth-order valence-electron chi connectivity index (χ4n) is 1.38. The maximum atomic E-state index is 2.28. The average molecular weight is 174 g/mol. The van der Waals surface area contributed by atoms with Gasteiger partial charge in [-0.15, -0.1) is 0 Å². The number of rotatable bonds is 2. The predicted molar refractivity (Wildman–Crippen MR) is 59.9 cm³/mol. The average Bonchev–Trinajstić information content (AvgIpc) is 2.08. The normalized spacial score (nSPS) is 9.85. The lowest BCUT2D eigenvalue weighted by Gasteiger charge is -2.04. The van der Waals surface area contributed by atoms with Gasteiger partial charge < -0.3 is 0 Å². The summed E-state index contributed by atoms with van der Waals surface area (Å²) in [6.45, 7) is 8.63. The Morgan fingerprint density at radius 2 is 2.00 bits per heavy atom. The van der Waals surface area contributed by atoms with Gasteiger partial charge in [-0.1, -0.05) is 36.8 Å². The van der Waals surface area contributed by atoms with E-state index in [1.807, 2.05) is 0 Å². The topological polar surface area (TPSA) is 0 Å². The molecule has 0 unspecified atom stereocenters. The molecule has 0 aliphatic heterocycles. The van der Waals surface area contributed by atoms with Crippen LogP contribution in [0.1, 0.15) is 37.5 Å². The molecule has 13 heavy (non-hydrogen) atoms. The molecule has 0 heterocycles. The van der Waals surface area contributed by atoms with Crippen LogP contribution in [0.5, 0.6) is 0 Å². The first-order chi connectivity index (χ1) is 6.13. The minimum atomic E-state index is 1.11. The minimum Gasteiger partial charge on any atom is -0.0758 e. The highest BCUT2D eigenvalue weighted by atomic mass is 14.0. The Balaban J connectivity index is 3.11. The van der Waals surface area contributed by atoms with Gasteiger partial charge in [0.25, 0.3) is 0 Å². The molecule has 0 spiro atoms. The molecular weight excluding hydrogens is 156 g/mol. The van der Waals surface area contributed by atoms with Crippen LogP contribution < -0.4 is 0 Å². The van der Waals surface area contributed by atoms with Crippen molar-refractivity contribution in [2.75, 3.05) is 0 Å². The SMILES string of the molecule is CCc1ccc(C)c(C=C(C)C)c1. The van der Waals surface area contributed by atoms with Gasteiger partial charge in [-0.25, -0.2) is 0 Å². The summed E-state index contributed by atoms with van der Waals surface area (Å²) in [5.74, 6) is 0. The molecule has 0 heteroatoms. The Labute approximate surface area is 81.3 Å². The van der Waals surface area contributed by atoms with Crippen LogP contribution in [-0.4, -0.2) is 0 Å². The van der Waals surface area contributed by atoms with E-state index in [0.717, 1.165) is 6.42 Å². The molecule has 1 aromatic carbocycles. The minimum absolute atomic E-state index is 1.11. The van der Waals surface area contributed by atoms with Crippen LogP contribution >= 0.6 is 0 Å². The van der Waals surface area contributed by atoms with Gasteiger partial charge in [0, 0.05) is 0 Å². The summed E-state index contributed by atoms with van der Waals surface area (Å²) in [4.78, 5) is 0. The molecule has 0 fully saturated rings. The van der Waals surface area contributed by atoms with Gasteiger partial charge in [-0.3, -0.25) is 0 Å². The highest BCUT2D eigenvalue weighted by molar-refractivity contribution is 5.56. The van der Waals surface area contributed by atoms with Crippen molar-refractivity contribution in [1.29, 1.82) is 0 Å². The second kappa shape index (κ2) is 4.27. The summed E-state index contributed by atoms with van der Waals surface area (Å²) >= 11 is 0. The lowest BCUT2D eigenvalue weighted by Crippen LogP contribution is -1.86. The van der Waals surface area contributed by atoms with Crippen LogP contribution in [-0.2, 0) is 6.42 Å². The number of hydrogen-bond acceptors (Lipinski definition) is 0. The van der Waals surface area contributed by atoms with Crippen molar-refractivity contribution in [1.82, 2.24) is 0 Å². The summed E-state index contributed by atoms with van der Waals surface area (Å²) in [6, 6.07) is 6.69. The molecule has 0 aromatic heterocycles. The quantitative estimate of drug-likeness (QED) is 0.636. The molecule has 1 rings (SSSR count). The van der Waals surface area contributed by atoms with E-state index in [0.29, 0.717) is 0 Å². The number of benzene rings is 1. The fraction of sp³-hybridized carbons (Fsp3) is 0.385. The van der Waals surface area contributed by atoms with Gasteiger partial charge >= 0.3 is 0 Å². The van der Waals surface area contributed by atoms with E-state index in [9.17, 15) is 0 Å². The summed E-state index contributed by atoms with van der Waals surface area (Å²) in [5.41, 5.74) is 5.49. The van der Waals surface area contributed by atoms with Crippen molar-refractivity contribution in [3.05, 3.63) is 40.5 Å². The Morgan fingerprint density at radius 3 is 2.54 bits per heavy atom. The second-order valence-electron chi connectivity index (χ2n) is 3.77. The molecule has 0 radical (unpaired) electrons. The molecule has 0 nitrogen and oxygen atoms in total. The molecule has 0 saturated heterocycles. The molecular formula is C13H18. The van der Waals surface area contributed by atoms with Gasteiger partial charge in [-0.2, -0.15) is 0 Å². The molecule has 0 saturated carbocycles. The van der Waals surface area contributed by atoms with Gasteiger partial charge in [0.15, 0.2) is 0 Å². The lowest BCUT2D eigenvalue weighted by molar-refractivity contribution is 1.13. The Bertz CT molecular complexity index is 315. The summed E-state index contributed by atoms with van der Waals surface area (Å²) < 4.78 is 0. The van der Waals surface area contributed by atoms with Crippen molar-refractivity contribution < 1.29 is 0 Å². The van der Waals surface area contributed by atoms with E-state index in [-0.39, 0.29) is 0 Å². The number of hydrogen-bond donors (Lipinski definition) is 0. The first kappa shape index (κ1) is 10.0. The van der Waals surface area contributed by atoms with Crippen molar-refractivity contribution in [3.63, 3.8) is 0 Å². The zero-order chi connectivity index (χ0) is 9.84. The predicted octanol–water partition coefficient (Wildman–Crippen LogP) is 3.98. The highest BCUT2D eigenvalue weighted by Gasteiger charge is 1.96. The third-order valence-electron chi connectivity index (χ3n) is 2.20. The molecule has 0 aliphatic carbocycles. The molecule has 0 atom stereocenters. The maximum absolute atomic E-state index is 2.28. The van der Waals surface area contributed by atoms with Crippen molar-refractivity contribution in [2.24, 2.45) is 0 Å². The first-order valence-corrected chi connectivity index (χ1v) is 4.88. The smallest absolute Gasteiger partial charge is 0.0225 e. The van der Waals surface area contributed by atoms with E-state index in [1.165, 1.54) is 22.3 Å². The van der Waals surface area contributed by atoms with Crippen LogP contribution in [0.3, 0.4) is 0 Å². The molecule has 70 valence electrons. The maximum Gasteiger partial charge on any atom is -0.0225 e. The summed E-state index contributed by atoms with van der Waals surface area (Å²) in [5, 5.41) is 0. The molecule has 1 aromatic rings. The molecule has 0 amide bonds. The van der Waals surface area contributed by atoms with Gasteiger partial charge in [0.2, 0.25) is 0 Å². The fourth-order valence-corrected chi connectivity index (χ4v) is 1.38. The van der Waals surface area contributed by atoms with E-state index < -0.39 is 0 Å². The third kappa shape index (κ3) is 2.73. The van der Waals surface area contributed by atoms with Crippen LogP contribution in [0.4, 0.5) is 0 Å². The number of allylic oxidation sites excluding steroid dienone is 1. The summed E-state index contributed by atoms with van der Waals surface area (Å²) in [7, 11) is 0. The third-order valence-corrected chi connectivity index (χ3v) is 2.20. The monoisotopic (exact) mass is 174 g/mol. The lowest BCUT2D eigenvalue weighted by atomic mass is 10.0. The van der Waals surface area contributed by atoms with Crippen LogP contribution in [0, 0.1) is 6.92 Å². The van der Waals surface area contributed by atoms with Gasteiger partial charge in [0.05, 0.1) is 0 Å². The van der Waals surface area contributed by atoms with Crippen LogP contribution in [0.2, 0.25) is 0 Å². The van der Waals surface area contributed by atoms with Crippen LogP contribution in [0.25, 0.3) is 6.08 Å². The zero-order valence-electron chi connectivity index (χ0n) is 9.02. The second-order valence-corrected chi connectivity index (χ2v) is 3.77. The van der Waals surface area contributed by atoms with Crippen molar-refractivity contribution in [3.8, 4) is 0 Å². The van der Waals surface area contributed by atoms with Gasteiger partial charge in [0.1, 0.15) is 0 Å². The molecule has 0 aliphatic rings. The van der Waals surface area contributed by atoms with E-state index in [4.69, 9.17) is 0 Å². The van der Waals surface area contributed by atoms with Crippen LogP contribution in [0.15, 0.2) is 23.8 Å². The van der Waals surface area contributed by atoms with E-state index >= 15 is 0 Å². The Hall–Kier alpha value is -1.04. The zero-order valence-corrected chi connectivity index (χ0v) is 9.02. The largest absolute Gasteiger partial charge is 0.0758 e. The molecule has 0 bridgehead atoms. The van der Waals surface area contributed by atoms with E-state index in [2.05, 4.69) is 52.0 Å². The highest BCUT2D eigenvalue weighted by Crippen LogP contribution is 2.15. The van der Waals surface area contributed by atoms with Crippen molar-refractivity contribution >= 4 is 6.08 Å².